The van der Waals surface area contributed by atoms with Crippen molar-refractivity contribution >= 4 is 27.4 Å². The highest BCUT2D eigenvalue weighted by molar-refractivity contribution is 7.16. The Morgan fingerprint density at radius 3 is 2.72 bits per heavy atom. The summed E-state index contributed by atoms with van der Waals surface area (Å²) in [4.78, 5) is 12.1. The van der Waals surface area contributed by atoms with E-state index in [1.54, 1.807) is 11.3 Å². The predicted octanol–water partition coefficient (Wildman–Crippen LogP) is 2.75. The van der Waals surface area contributed by atoms with Gasteiger partial charge in [-0.3, -0.25) is 4.90 Å². The molecule has 0 aromatic carbocycles. The molecule has 2 aromatic rings. The van der Waals surface area contributed by atoms with Gasteiger partial charge in [0.1, 0.15) is 16.5 Å². The number of hydrogen-bond donors (Lipinski definition) is 1. The van der Waals surface area contributed by atoms with Crippen LogP contribution in [-0.4, -0.2) is 28.5 Å². The highest BCUT2D eigenvalue weighted by Gasteiger charge is 2.15. The van der Waals surface area contributed by atoms with Gasteiger partial charge in [-0.1, -0.05) is 20.8 Å². The van der Waals surface area contributed by atoms with Crippen molar-refractivity contribution in [2.75, 3.05) is 19.3 Å². The maximum absolute atomic E-state index is 5.94. The Balaban J connectivity index is 2.16. The third-order valence-electron chi connectivity index (χ3n) is 2.56. The second-order valence-corrected chi connectivity index (χ2v) is 6.79. The van der Waals surface area contributed by atoms with E-state index in [1.807, 2.05) is 11.4 Å². The van der Waals surface area contributed by atoms with E-state index in [0.29, 0.717) is 5.82 Å². The first-order chi connectivity index (χ1) is 8.35. The summed E-state index contributed by atoms with van der Waals surface area (Å²) in [7, 11) is 2.09. The maximum Gasteiger partial charge on any atom is 0.146 e. The largest absolute Gasteiger partial charge is 0.383 e. The number of nitrogens with zero attached hydrogens (tertiary/aromatic N) is 3. The van der Waals surface area contributed by atoms with Crippen molar-refractivity contribution in [1.82, 2.24) is 14.9 Å². The summed E-state index contributed by atoms with van der Waals surface area (Å²) in [5.74, 6) is 1.38. The van der Waals surface area contributed by atoms with Gasteiger partial charge < -0.3 is 5.73 Å². The van der Waals surface area contributed by atoms with Crippen molar-refractivity contribution in [2.45, 2.75) is 27.3 Å². The molecule has 18 heavy (non-hydrogen) atoms. The molecule has 0 saturated carbocycles. The zero-order chi connectivity index (χ0) is 13.3. The SMILES string of the molecule is CN(Cc1nc(N)c2ccsc2n1)CC(C)(C)C. The Kier molecular flexibility index (Phi) is 3.54. The molecule has 0 aliphatic carbocycles. The number of hydrogen-bond acceptors (Lipinski definition) is 5. The lowest BCUT2D eigenvalue weighted by Gasteiger charge is -2.25. The van der Waals surface area contributed by atoms with Crippen LogP contribution >= 0.6 is 11.3 Å². The van der Waals surface area contributed by atoms with E-state index >= 15 is 0 Å². The first kappa shape index (κ1) is 13.2. The second kappa shape index (κ2) is 4.82. The smallest absolute Gasteiger partial charge is 0.146 e. The van der Waals surface area contributed by atoms with Crippen LogP contribution in [0.4, 0.5) is 5.82 Å². The molecule has 2 aromatic heterocycles. The van der Waals surface area contributed by atoms with Gasteiger partial charge in [-0.25, -0.2) is 9.97 Å². The summed E-state index contributed by atoms with van der Waals surface area (Å²) in [6, 6.07) is 1.97. The van der Waals surface area contributed by atoms with E-state index in [2.05, 4.69) is 42.7 Å². The topological polar surface area (TPSA) is 55.0 Å². The highest BCUT2D eigenvalue weighted by atomic mass is 32.1. The average molecular weight is 264 g/mol. The minimum atomic E-state index is 0.271. The van der Waals surface area contributed by atoms with Gasteiger partial charge >= 0.3 is 0 Å². The van der Waals surface area contributed by atoms with Crippen LogP contribution in [0.15, 0.2) is 11.4 Å². The molecule has 5 heteroatoms. The molecule has 0 atom stereocenters. The molecular weight excluding hydrogens is 244 g/mol. The molecule has 0 fully saturated rings. The summed E-state index contributed by atoms with van der Waals surface area (Å²) < 4.78 is 0. The van der Waals surface area contributed by atoms with Crippen LogP contribution in [0.1, 0.15) is 26.6 Å². The highest BCUT2D eigenvalue weighted by Crippen LogP contribution is 2.23. The zero-order valence-electron chi connectivity index (χ0n) is 11.4. The number of aromatic nitrogens is 2. The van der Waals surface area contributed by atoms with Crippen molar-refractivity contribution in [3.63, 3.8) is 0 Å². The third-order valence-corrected chi connectivity index (χ3v) is 3.36. The molecule has 98 valence electrons. The molecule has 0 bridgehead atoms. The lowest BCUT2D eigenvalue weighted by Crippen LogP contribution is -2.29. The summed E-state index contributed by atoms with van der Waals surface area (Å²) in [6.07, 6.45) is 0. The minimum Gasteiger partial charge on any atom is -0.383 e. The van der Waals surface area contributed by atoms with E-state index in [0.717, 1.165) is 29.1 Å². The van der Waals surface area contributed by atoms with Crippen LogP contribution in [0.25, 0.3) is 10.2 Å². The fourth-order valence-corrected chi connectivity index (χ4v) is 2.89. The Labute approximate surface area is 112 Å². The average Bonchev–Trinajstić information content (AvgIpc) is 2.62. The molecule has 2 heterocycles. The van der Waals surface area contributed by atoms with E-state index in [9.17, 15) is 0 Å². The third kappa shape index (κ3) is 3.17. The monoisotopic (exact) mass is 264 g/mol. The van der Waals surface area contributed by atoms with Crippen LogP contribution in [0, 0.1) is 5.41 Å². The van der Waals surface area contributed by atoms with Crippen LogP contribution < -0.4 is 5.73 Å². The van der Waals surface area contributed by atoms with Crippen molar-refractivity contribution in [2.24, 2.45) is 5.41 Å². The maximum atomic E-state index is 5.94. The van der Waals surface area contributed by atoms with Crippen LogP contribution in [0.5, 0.6) is 0 Å². The van der Waals surface area contributed by atoms with Crippen molar-refractivity contribution in [3.8, 4) is 0 Å². The molecule has 4 nitrogen and oxygen atoms in total. The van der Waals surface area contributed by atoms with Crippen molar-refractivity contribution in [1.29, 1.82) is 0 Å². The molecule has 0 aliphatic rings. The predicted molar refractivity (Wildman–Crippen MR) is 77.6 cm³/mol. The van der Waals surface area contributed by atoms with Crippen molar-refractivity contribution < 1.29 is 0 Å². The van der Waals surface area contributed by atoms with Crippen LogP contribution in [0.2, 0.25) is 0 Å². The van der Waals surface area contributed by atoms with Gasteiger partial charge in [0, 0.05) is 6.54 Å². The molecule has 0 amide bonds. The normalized spacial score (nSPS) is 12.5. The fourth-order valence-electron chi connectivity index (χ4n) is 2.10. The summed E-state index contributed by atoms with van der Waals surface area (Å²) in [6.45, 7) is 8.40. The Morgan fingerprint density at radius 1 is 1.33 bits per heavy atom. The number of fused-ring (bicyclic) bond motifs is 1. The van der Waals surface area contributed by atoms with E-state index in [1.165, 1.54) is 0 Å². The lowest BCUT2D eigenvalue weighted by molar-refractivity contribution is 0.217. The molecule has 0 saturated heterocycles. The van der Waals surface area contributed by atoms with E-state index in [-0.39, 0.29) is 5.41 Å². The first-order valence-corrected chi connectivity index (χ1v) is 6.91. The molecular formula is C13H20N4S. The van der Waals surface area contributed by atoms with Gasteiger partial charge in [0.15, 0.2) is 0 Å². The Hall–Kier alpha value is -1.20. The van der Waals surface area contributed by atoms with Crippen LogP contribution in [0.3, 0.4) is 0 Å². The quantitative estimate of drug-likeness (QED) is 0.926. The number of nitrogens with two attached hydrogens (primary N) is 1. The molecule has 0 unspecified atom stereocenters. The zero-order valence-corrected chi connectivity index (χ0v) is 12.2. The number of thiophene rings is 1. The summed E-state index contributed by atoms with van der Waals surface area (Å²) in [5, 5.41) is 2.96. The van der Waals surface area contributed by atoms with Gasteiger partial charge in [0.2, 0.25) is 0 Å². The fraction of sp³-hybridized carbons (Fsp3) is 0.538. The Bertz CT molecular complexity index is 541. The summed E-state index contributed by atoms with van der Waals surface area (Å²) >= 11 is 1.61. The molecule has 0 spiro atoms. The van der Waals surface area contributed by atoms with Gasteiger partial charge in [-0.2, -0.15) is 0 Å². The molecule has 0 aliphatic heterocycles. The number of rotatable bonds is 3. The molecule has 0 radical (unpaired) electrons. The van der Waals surface area contributed by atoms with Gasteiger partial charge in [0.05, 0.1) is 11.9 Å². The second-order valence-electron chi connectivity index (χ2n) is 5.90. The summed E-state index contributed by atoms with van der Waals surface area (Å²) in [5.41, 5.74) is 6.21. The van der Waals surface area contributed by atoms with E-state index < -0.39 is 0 Å². The van der Waals surface area contributed by atoms with E-state index in [4.69, 9.17) is 5.73 Å². The number of anilines is 1. The van der Waals surface area contributed by atoms with Gasteiger partial charge in [-0.05, 0) is 23.9 Å². The molecule has 2 N–H and O–H groups in total. The van der Waals surface area contributed by atoms with Crippen molar-refractivity contribution in [3.05, 3.63) is 17.3 Å². The lowest BCUT2D eigenvalue weighted by atomic mass is 9.96. The first-order valence-electron chi connectivity index (χ1n) is 6.03. The van der Waals surface area contributed by atoms with Gasteiger partial charge in [0.25, 0.3) is 0 Å². The number of nitrogen functional groups attached to an aromatic ring is 1. The van der Waals surface area contributed by atoms with Crippen LogP contribution in [-0.2, 0) is 6.54 Å². The minimum absolute atomic E-state index is 0.271. The molecule has 2 rings (SSSR count). The standard InChI is InChI=1S/C13H20N4S/c1-13(2,3)8-17(4)7-10-15-11(14)9-5-6-18-12(9)16-10/h5-6H,7-8H2,1-4H3,(H2,14,15,16). The van der Waals surface area contributed by atoms with Gasteiger partial charge in [-0.15, -0.1) is 11.3 Å². The Morgan fingerprint density at radius 2 is 2.06 bits per heavy atom.